The van der Waals surface area contributed by atoms with Gasteiger partial charge in [-0.25, -0.2) is 0 Å². The molecule has 1 unspecified atom stereocenters. The first-order valence-electron chi connectivity index (χ1n) is 5.01. The number of hydrogen-bond acceptors (Lipinski definition) is 4. The van der Waals surface area contributed by atoms with Crippen LogP contribution >= 0.6 is 34.0 Å². The van der Waals surface area contributed by atoms with E-state index < -0.39 is 0 Å². The van der Waals surface area contributed by atoms with Crippen LogP contribution in [0.1, 0.15) is 21.4 Å². The highest BCUT2D eigenvalue weighted by Gasteiger charge is 2.13. The van der Waals surface area contributed by atoms with Crippen LogP contribution in [0.5, 0.6) is 0 Å². The number of aryl methyl sites for hydroxylation is 1. The molecule has 0 aliphatic heterocycles. The third kappa shape index (κ3) is 1.72. The van der Waals surface area contributed by atoms with Crippen molar-refractivity contribution in [2.45, 2.75) is 13.0 Å². The normalized spacial score (nSPS) is 13.4. The Hall–Kier alpha value is -0.680. The highest BCUT2D eigenvalue weighted by molar-refractivity contribution is 7.27. The van der Waals surface area contributed by atoms with E-state index in [0.717, 1.165) is 0 Å². The summed E-state index contributed by atoms with van der Waals surface area (Å²) in [4.78, 5) is 2.59. The standard InChI is InChI=1S/C12H11NS3/c1-7-4-8(6-15-7)12(13)11-5-10-9(16-11)2-3-14-10/h2-6,12H,13H2,1H3. The SMILES string of the molecule is Cc1cc(C(N)c2cc3sccc3s2)cs1. The van der Waals surface area contributed by atoms with Crippen LogP contribution in [0, 0.1) is 6.92 Å². The topological polar surface area (TPSA) is 26.0 Å². The number of thiophene rings is 3. The highest BCUT2D eigenvalue weighted by Crippen LogP contribution is 2.35. The highest BCUT2D eigenvalue weighted by atomic mass is 32.1. The van der Waals surface area contributed by atoms with Crippen LogP contribution in [-0.2, 0) is 0 Å². The van der Waals surface area contributed by atoms with E-state index in [1.807, 2.05) is 0 Å². The van der Waals surface area contributed by atoms with Gasteiger partial charge in [0.2, 0.25) is 0 Å². The smallest absolute Gasteiger partial charge is 0.0654 e. The van der Waals surface area contributed by atoms with Gasteiger partial charge in [0.15, 0.2) is 0 Å². The summed E-state index contributed by atoms with van der Waals surface area (Å²) >= 11 is 5.35. The lowest BCUT2D eigenvalue weighted by Crippen LogP contribution is -2.08. The van der Waals surface area contributed by atoms with Crippen molar-refractivity contribution < 1.29 is 0 Å². The Morgan fingerprint density at radius 2 is 2.06 bits per heavy atom. The van der Waals surface area contributed by atoms with Gasteiger partial charge in [-0.15, -0.1) is 34.0 Å². The maximum atomic E-state index is 6.27. The van der Waals surface area contributed by atoms with Gasteiger partial charge in [-0.3, -0.25) is 0 Å². The summed E-state index contributed by atoms with van der Waals surface area (Å²) in [5.74, 6) is 0. The first kappa shape index (κ1) is 10.5. The second-order valence-corrected chi connectivity index (χ2v) is 6.94. The molecule has 3 aromatic heterocycles. The van der Waals surface area contributed by atoms with Crippen LogP contribution in [0.3, 0.4) is 0 Å². The minimum absolute atomic E-state index is 0.0366. The van der Waals surface area contributed by atoms with Crippen LogP contribution in [-0.4, -0.2) is 0 Å². The lowest BCUT2D eigenvalue weighted by Gasteiger charge is -2.06. The molecule has 0 saturated heterocycles. The summed E-state index contributed by atoms with van der Waals surface area (Å²) < 4.78 is 2.70. The number of hydrogen-bond donors (Lipinski definition) is 1. The maximum Gasteiger partial charge on any atom is 0.0654 e. The largest absolute Gasteiger partial charge is 0.320 e. The molecular formula is C12H11NS3. The monoisotopic (exact) mass is 265 g/mol. The van der Waals surface area contributed by atoms with Crippen molar-refractivity contribution in [1.29, 1.82) is 0 Å². The molecule has 0 amide bonds. The Balaban J connectivity index is 2.00. The summed E-state index contributed by atoms with van der Waals surface area (Å²) in [6, 6.07) is 6.61. The Morgan fingerprint density at radius 1 is 1.19 bits per heavy atom. The van der Waals surface area contributed by atoms with Crippen molar-refractivity contribution in [3.8, 4) is 0 Å². The van der Waals surface area contributed by atoms with Gasteiger partial charge in [-0.2, -0.15) is 0 Å². The third-order valence-electron chi connectivity index (χ3n) is 2.57. The molecule has 0 fully saturated rings. The summed E-state index contributed by atoms with van der Waals surface area (Å²) in [5, 5.41) is 4.29. The Labute approximate surface area is 106 Å². The van der Waals surface area contributed by atoms with Gasteiger partial charge >= 0.3 is 0 Å². The van der Waals surface area contributed by atoms with Gasteiger partial charge in [0.25, 0.3) is 0 Å². The van der Waals surface area contributed by atoms with Crippen molar-refractivity contribution in [3.63, 3.8) is 0 Å². The molecule has 0 radical (unpaired) electrons. The fourth-order valence-electron chi connectivity index (χ4n) is 1.73. The molecule has 82 valence electrons. The molecule has 0 spiro atoms. The van der Waals surface area contributed by atoms with E-state index in [1.54, 1.807) is 34.0 Å². The third-order valence-corrected chi connectivity index (χ3v) is 5.63. The molecule has 0 aliphatic rings. The van der Waals surface area contributed by atoms with Crippen LogP contribution in [0.15, 0.2) is 29.0 Å². The van der Waals surface area contributed by atoms with Crippen molar-refractivity contribution >= 4 is 43.4 Å². The zero-order chi connectivity index (χ0) is 11.1. The maximum absolute atomic E-state index is 6.27. The van der Waals surface area contributed by atoms with E-state index in [0.29, 0.717) is 0 Å². The average Bonchev–Trinajstić information content (AvgIpc) is 2.89. The van der Waals surface area contributed by atoms with Gasteiger partial charge < -0.3 is 5.73 Å². The van der Waals surface area contributed by atoms with Gasteiger partial charge in [0.1, 0.15) is 0 Å². The van der Waals surface area contributed by atoms with E-state index >= 15 is 0 Å². The van der Waals surface area contributed by atoms with Gasteiger partial charge in [0.05, 0.1) is 6.04 Å². The zero-order valence-electron chi connectivity index (χ0n) is 8.77. The molecule has 0 saturated carbocycles. The van der Waals surface area contributed by atoms with E-state index in [-0.39, 0.29) is 6.04 Å². The van der Waals surface area contributed by atoms with E-state index in [1.165, 1.54) is 24.7 Å². The van der Waals surface area contributed by atoms with Crippen molar-refractivity contribution in [3.05, 3.63) is 44.3 Å². The van der Waals surface area contributed by atoms with Crippen molar-refractivity contribution in [1.82, 2.24) is 0 Å². The lowest BCUT2D eigenvalue weighted by atomic mass is 10.1. The molecular weight excluding hydrogens is 254 g/mol. The minimum atomic E-state index is 0.0366. The summed E-state index contributed by atoms with van der Waals surface area (Å²) in [6.07, 6.45) is 0. The Kier molecular flexibility index (Phi) is 2.59. The lowest BCUT2D eigenvalue weighted by molar-refractivity contribution is 0.899. The summed E-state index contributed by atoms with van der Waals surface area (Å²) in [7, 11) is 0. The van der Waals surface area contributed by atoms with Crippen molar-refractivity contribution in [2.75, 3.05) is 0 Å². The molecule has 1 nitrogen and oxygen atoms in total. The number of fused-ring (bicyclic) bond motifs is 1. The molecule has 3 rings (SSSR count). The first-order valence-corrected chi connectivity index (χ1v) is 7.59. The Morgan fingerprint density at radius 3 is 2.75 bits per heavy atom. The predicted molar refractivity (Wildman–Crippen MR) is 74.8 cm³/mol. The molecule has 1 atom stereocenters. The zero-order valence-corrected chi connectivity index (χ0v) is 11.2. The molecule has 3 aromatic rings. The predicted octanol–water partition coefficient (Wildman–Crippen LogP) is 4.38. The number of rotatable bonds is 2. The minimum Gasteiger partial charge on any atom is -0.320 e. The van der Waals surface area contributed by atoms with Crippen LogP contribution in [0.25, 0.3) is 9.40 Å². The summed E-state index contributed by atoms with van der Waals surface area (Å²) in [6.45, 7) is 2.12. The first-order chi connectivity index (χ1) is 7.74. The van der Waals surface area contributed by atoms with Gasteiger partial charge in [0, 0.05) is 19.2 Å². The second-order valence-electron chi connectivity index (χ2n) is 3.77. The fourth-order valence-corrected chi connectivity index (χ4v) is 4.62. The fraction of sp³-hybridized carbons (Fsp3) is 0.167. The Bertz CT molecular complexity index is 588. The van der Waals surface area contributed by atoms with Gasteiger partial charge in [-0.05, 0) is 41.4 Å². The molecule has 16 heavy (non-hydrogen) atoms. The van der Waals surface area contributed by atoms with E-state index in [4.69, 9.17) is 5.73 Å². The second kappa shape index (κ2) is 3.96. The average molecular weight is 265 g/mol. The van der Waals surface area contributed by atoms with Crippen LogP contribution in [0.2, 0.25) is 0 Å². The molecule has 3 heterocycles. The van der Waals surface area contributed by atoms with E-state index in [9.17, 15) is 0 Å². The van der Waals surface area contributed by atoms with Crippen LogP contribution in [0.4, 0.5) is 0 Å². The molecule has 0 aromatic carbocycles. The number of nitrogens with two attached hydrogens (primary N) is 1. The molecule has 4 heteroatoms. The van der Waals surface area contributed by atoms with Crippen LogP contribution < -0.4 is 5.73 Å². The summed E-state index contributed by atoms with van der Waals surface area (Å²) in [5.41, 5.74) is 7.51. The molecule has 2 N–H and O–H groups in total. The molecule has 0 bridgehead atoms. The van der Waals surface area contributed by atoms with Crippen molar-refractivity contribution in [2.24, 2.45) is 5.73 Å². The van der Waals surface area contributed by atoms with E-state index in [2.05, 4.69) is 35.9 Å². The van der Waals surface area contributed by atoms with Gasteiger partial charge in [-0.1, -0.05) is 0 Å². The quantitative estimate of drug-likeness (QED) is 0.731. The molecule has 0 aliphatic carbocycles.